The minimum atomic E-state index is -2.90. The molecular formula is C17H25N3O3S. The first-order valence-corrected chi connectivity index (χ1v) is 10.5. The number of hydrogen-bond donors (Lipinski definition) is 1. The van der Waals surface area contributed by atoms with Gasteiger partial charge in [0.1, 0.15) is 5.69 Å². The van der Waals surface area contributed by atoms with Crippen LogP contribution in [-0.2, 0) is 9.84 Å². The zero-order valence-corrected chi connectivity index (χ0v) is 14.9. The summed E-state index contributed by atoms with van der Waals surface area (Å²) >= 11 is 0. The minimum absolute atomic E-state index is 0.00320. The van der Waals surface area contributed by atoms with Crippen LogP contribution in [0.5, 0.6) is 0 Å². The summed E-state index contributed by atoms with van der Waals surface area (Å²) in [6.07, 6.45) is 6.53. The molecule has 7 heteroatoms. The molecule has 0 spiro atoms. The van der Waals surface area contributed by atoms with Crippen LogP contribution in [0.4, 0.5) is 5.69 Å². The number of sulfone groups is 1. The van der Waals surface area contributed by atoms with Crippen LogP contribution in [0.25, 0.3) is 0 Å². The Bertz CT molecular complexity index is 688. The zero-order valence-electron chi connectivity index (χ0n) is 14.1. The van der Waals surface area contributed by atoms with Gasteiger partial charge in [-0.05, 0) is 44.2 Å². The molecule has 0 aliphatic carbocycles. The predicted molar refractivity (Wildman–Crippen MR) is 93.9 cm³/mol. The molecule has 3 rings (SSSR count). The van der Waals surface area contributed by atoms with Crippen molar-refractivity contribution in [1.29, 1.82) is 0 Å². The van der Waals surface area contributed by atoms with Crippen molar-refractivity contribution in [2.45, 2.75) is 51.1 Å². The van der Waals surface area contributed by atoms with E-state index in [2.05, 4.69) is 17.2 Å². The van der Waals surface area contributed by atoms with Crippen LogP contribution in [0, 0.1) is 0 Å². The van der Waals surface area contributed by atoms with Gasteiger partial charge < -0.3 is 10.2 Å². The molecule has 132 valence electrons. The van der Waals surface area contributed by atoms with E-state index < -0.39 is 9.84 Å². The van der Waals surface area contributed by atoms with E-state index in [1.165, 1.54) is 6.42 Å². The second-order valence-electron chi connectivity index (χ2n) is 6.73. The highest BCUT2D eigenvalue weighted by Crippen LogP contribution is 2.22. The van der Waals surface area contributed by atoms with Crippen LogP contribution in [-0.4, -0.2) is 54.3 Å². The van der Waals surface area contributed by atoms with E-state index in [1.807, 2.05) is 11.0 Å². The van der Waals surface area contributed by atoms with E-state index >= 15 is 0 Å². The van der Waals surface area contributed by atoms with Crippen molar-refractivity contribution in [3.63, 3.8) is 0 Å². The van der Waals surface area contributed by atoms with Gasteiger partial charge in [-0.1, -0.05) is 6.92 Å². The standard InChI is InChI=1S/C17H25N3O3S/c1-2-15-5-3-4-9-20(15)17(21)16-7-6-13(11-18-16)19-14-8-10-24(22,23)12-14/h6-7,11,14-15,19H,2-5,8-10,12H2,1H3. The Labute approximate surface area is 143 Å². The summed E-state index contributed by atoms with van der Waals surface area (Å²) in [5.41, 5.74) is 1.22. The number of piperidine rings is 1. The van der Waals surface area contributed by atoms with Gasteiger partial charge in [-0.3, -0.25) is 4.79 Å². The zero-order chi connectivity index (χ0) is 17.2. The number of likely N-dealkylation sites (tertiary alicyclic amines) is 1. The Morgan fingerprint density at radius 3 is 2.79 bits per heavy atom. The fraction of sp³-hybridized carbons (Fsp3) is 0.647. The number of anilines is 1. The summed E-state index contributed by atoms with van der Waals surface area (Å²) in [5, 5.41) is 3.20. The molecule has 1 aromatic heterocycles. The van der Waals surface area contributed by atoms with Gasteiger partial charge in [0.2, 0.25) is 0 Å². The third-order valence-electron chi connectivity index (χ3n) is 4.95. The van der Waals surface area contributed by atoms with Gasteiger partial charge in [0.25, 0.3) is 5.91 Å². The molecule has 3 heterocycles. The normalized spacial score (nSPS) is 26.3. The van der Waals surface area contributed by atoms with Crippen molar-refractivity contribution in [3.8, 4) is 0 Å². The van der Waals surface area contributed by atoms with Crippen LogP contribution in [0.2, 0.25) is 0 Å². The molecule has 2 aliphatic rings. The molecule has 1 aromatic rings. The van der Waals surface area contributed by atoms with Gasteiger partial charge in [-0.15, -0.1) is 0 Å². The molecule has 2 atom stereocenters. The SMILES string of the molecule is CCC1CCCCN1C(=O)c1ccc(NC2CCS(=O)(=O)C2)cn1. The van der Waals surface area contributed by atoms with E-state index in [1.54, 1.807) is 12.3 Å². The third-order valence-corrected chi connectivity index (χ3v) is 6.71. The largest absolute Gasteiger partial charge is 0.380 e. The lowest BCUT2D eigenvalue weighted by atomic mass is 9.99. The van der Waals surface area contributed by atoms with E-state index in [-0.39, 0.29) is 23.5 Å². The lowest BCUT2D eigenvalue weighted by Crippen LogP contribution is -2.43. The number of aromatic nitrogens is 1. The molecule has 0 aromatic carbocycles. The number of amides is 1. The molecule has 6 nitrogen and oxygen atoms in total. The Hall–Kier alpha value is -1.63. The average molecular weight is 351 g/mol. The lowest BCUT2D eigenvalue weighted by molar-refractivity contribution is 0.0602. The molecule has 2 aliphatic heterocycles. The summed E-state index contributed by atoms with van der Waals surface area (Å²) in [6.45, 7) is 2.92. The highest BCUT2D eigenvalue weighted by molar-refractivity contribution is 7.91. The molecule has 0 radical (unpaired) electrons. The molecule has 1 N–H and O–H groups in total. The maximum absolute atomic E-state index is 12.7. The number of hydrogen-bond acceptors (Lipinski definition) is 5. The predicted octanol–water partition coefficient (Wildman–Crippen LogP) is 2.09. The van der Waals surface area contributed by atoms with Crippen molar-refractivity contribution >= 4 is 21.4 Å². The van der Waals surface area contributed by atoms with Crippen molar-refractivity contribution in [2.24, 2.45) is 0 Å². The lowest BCUT2D eigenvalue weighted by Gasteiger charge is -2.35. The van der Waals surface area contributed by atoms with Crippen LogP contribution < -0.4 is 5.32 Å². The van der Waals surface area contributed by atoms with Crippen LogP contribution in [0.1, 0.15) is 49.5 Å². The quantitative estimate of drug-likeness (QED) is 0.898. The summed E-state index contributed by atoms with van der Waals surface area (Å²) in [5.74, 6) is 0.401. The monoisotopic (exact) mass is 351 g/mol. The summed E-state index contributed by atoms with van der Waals surface area (Å²) < 4.78 is 23.0. The summed E-state index contributed by atoms with van der Waals surface area (Å²) in [6, 6.07) is 3.80. The number of rotatable bonds is 4. The molecule has 0 saturated carbocycles. The van der Waals surface area contributed by atoms with Crippen molar-refractivity contribution < 1.29 is 13.2 Å². The molecule has 2 unspecified atom stereocenters. The van der Waals surface area contributed by atoms with Gasteiger partial charge in [0.15, 0.2) is 9.84 Å². The first-order valence-electron chi connectivity index (χ1n) is 8.72. The number of nitrogens with one attached hydrogen (secondary N) is 1. The Morgan fingerprint density at radius 2 is 2.17 bits per heavy atom. The van der Waals surface area contributed by atoms with E-state index in [0.29, 0.717) is 18.2 Å². The van der Waals surface area contributed by atoms with E-state index in [0.717, 1.165) is 31.5 Å². The summed E-state index contributed by atoms with van der Waals surface area (Å²) in [7, 11) is -2.90. The van der Waals surface area contributed by atoms with Crippen molar-refractivity contribution in [1.82, 2.24) is 9.88 Å². The third kappa shape index (κ3) is 3.88. The maximum Gasteiger partial charge on any atom is 0.272 e. The van der Waals surface area contributed by atoms with Crippen LogP contribution in [0.15, 0.2) is 18.3 Å². The minimum Gasteiger partial charge on any atom is -0.380 e. The second kappa shape index (κ2) is 7.09. The first-order chi connectivity index (χ1) is 11.5. The molecule has 1 amide bonds. The molecule has 2 saturated heterocycles. The Balaban J connectivity index is 1.64. The maximum atomic E-state index is 12.7. The van der Waals surface area contributed by atoms with E-state index in [9.17, 15) is 13.2 Å². The Kier molecular flexibility index (Phi) is 5.08. The van der Waals surface area contributed by atoms with Crippen molar-refractivity contribution in [2.75, 3.05) is 23.4 Å². The van der Waals surface area contributed by atoms with Crippen molar-refractivity contribution in [3.05, 3.63) is 24.0 Å². The average Bonchev–Trinajstić information content (AvgIpc) is 2.93. The fourth-order valence-electron chi connectivity index (χ4n) is 3.59. The fourth-order valence-corrected chi connectivity index (χ4v) is 5.26. The summed E-state index contributed by atoms with van der Waals surface area (Å²) in [4.78, 5) is 18.9. The van der Waals surface area contributed by atoms with Gasteiger partial charge in [-0.25, -0.2) is 13.4 Å². The molecule has 24 heavy (non-hydrogen) atoms. The highest BCUT2D eigenvalue weighted by Gasteiger charge is 2.28. The molecule has 0 bridgehead atoms. The Morgan fingerprint density at radius 1 is 1.33 bits per heavy atom. The van der Waals surface area contributed by atoms with Gasteiger partial charge in [-0.2, -0.15) is 0 Å². The molecular weight excluding hydrogens is 326 g/mol. The molecule has 2 fully saturated rings. The van der Waals surface area contributed by atoms with Gasteiger partial charge >= 0.3 is 0 Å². The smallest absolute Gasteiger partial charge is 0.272 e. The second-order valence-corrected chi connectivity index (χ2v) is 8.96. The number of nitrogens with zero attached hydrogens (tertiary/aromatic N) is 2. The first kappa shape index (κ1) is 17.2. The highest BCUT2D eigenvalue weighted by atomic mass is 32.2. The van der Waals surface area contributed by atoms with Gasteiger partial charge in [0.05, 0.1) is 23.4 Å². The van der Waals surface area contributed by atoms with Crippen LogP contribution >= 0.6 is 0 Å². The number of pyridine rings is 1. The topological polar surface area (TPSA) is 79.4 Å². The number of carbonyl (C=O) groups is 1. The number of carbonyl (C=O) groups excluding carboxylic acids is 1. The van der Waals surface area contributed by atoms with Crippen LogP contribution in [0.3, 0.4) is 0 Å². The van der Waals surface area contributed by atoms with Gasteiger partial charge in [0, 0.05) is 18.6 Å². The van der Waals surface area contributed by atoms with E-state index in [4.69, 9.17) is 0 Å².